The Balaban J connectivity index is 1.92. The minimum Gasteiger partial charge on any atom is -0.355 e. The molecule has 0 spiro atoms. The van der Waals surface area contributed by atoms with Crippen molar-refractivity contribution in [3.8, 4) is 0 Å². The summed E-state index contributed by atoms with van der Waals surface area (Å²) >= 11 is 3.61. The summed E-state index contributed by atoms with van der Waals surface area (Å²) in [7, 11) is 0. The van der Waals surface area contributed by atoms with Crippen LogP contribution in [0.1, 0.15) is 31.9 Å². The Morgan fingerprint density at radius 1 is 1.42 bits per heavy atom. The molecule has 4 heteroatoms. The first-order chi connectivity index (χ1) is 9.33. The number of nitrogens with zero attached hydrogens (tertiary/aromatic N) is 3. The first kappa shape index (κ1) is 13.0. The highest BCUT2D eigenvalue weighted by molar-refractivity contribution is 9.08. The predicted molar refractivity (Wildman–Crippen MR) is 83.1 cm³/mol. The van der Waals surface area contributed by atoms with E-state index in [4.69, 9.17) is 4.98 Å². The lowest BCUT2D eigenvalue weighted by molar-refractivity contribution is 0.529. The molecule has 0 aromatic carbocycles. The van der Waals surface area contributed by atoms with Crippen LogP contribution in [0.2, 0.25) is 0 Å². The van der Waals surface area contributed by atoms with E-state index >= 15 is 0 Å². The van der Waals surface area contributed by atoms with Crippen molar-refractivity contribution in [2.75, 3.05) is 18.0 Å². The first-order valence-electron chi connectivity index (χ1n) is 7.10. The molecule has 0 N–H and O–H groups in total. The van der Waals surface area contributed by atoms with Gasteiger partial charge in [0.25, 0.3) is 0 Å². The molecular weight excluding hydrogens is 302 g/mol. The van der Waals surface area contributed by atoms with Crippen LogP contribution >= 0.6 is 15.9 Å². The van der Waals surface area contributed by atoms with Gasteiger partial charge in [-0.1, -0.05) is 35.3 Å². The van der Waals surface area contributed by atoms with E-state index in [1.807, 2.05) is 6.07 Å². The molecule has 0 amide bonds. The SMILES string of the molecule is CCCC1CCN(c2nc3ccccn3c2CBr)C1. The third-order valence-corrected chi connectivity index (χ3v) is 4.55. The molecule has 1 unspecified atom stereocenters. The molecule has 2 aromatic heterocycles. The molecule has 1 aliphatic rings. The molecule has 1 saturated heterocycles. The Kier molecular flexibility index (Phi) is 3.78. The highest BCUT2D eigenvalue weighted by atomic mass is 79.9. The maximum absolute atomic E-state index is 4.82. The summed E-state index contributed by atoms with van der Waals surface area (Å²) in [5, 5.41) is 0.850. The quantitative estimate of drug-likeness (QED) is 0.797. The molecule has 1 atom stereocenters. The van der Waals surface area contributed by atoms with Gasteiger partial charge in [-0.05, 0) is 30.9 Å². The summed E-state index contributed by atoms with van der Waals surface area (Å²) < 4.78 is 2.19. The van der Waals surface area contributed by atoms with E-state index in [1.165, 1.54) is 30.8 Å². The lowest BCUT2D eigenvalue weighted by Gasteiger charge is -2.17. The Morgan fingerprint density at radius 2 is 2.32 bits per heavy atom. The van der Waals surface area contributed by atoms with Crippen LogP contribution in [0, 0.1) is 5.92 Å². The summed E-state index contributed by atoms with van der Waals surface area (Å²) in [6, 6.07) is 6.19. The van der Waals surface area contributed by atoms with Crippen LogP contribution in [0.5, 0.6) is 0 Å². The zero-order valence-corrected chi connectivity index (χ0v) is 12.9. The van der Waals surface area contributed by atoms with Crippen LogP contribution in [0.3, 0.4) is 0 Å². The number of anilines is 1. The molecular formula is C15H20BrN3. The second-order valence-corrected chi connectivity index (χ2v) is 5.89. The van der Waals surface area contributed by atoms with Crippen molar-refractivity contribution in [2.24, 2.45) is 5.92 Å². The molecule has 19 heavy (non-hydrogen) atoms. The van der Waals surface area contributed by atoms with Gasteiger partial charge in [0.15, 0.2) is 5.82 Å². The zero-order valence-electron chi connectivity index (χ0n) is 11.3. The van der Waals surface area contributed by atoms with Gasteiger partial charge in [-0.2, -0.15) is 0 Å². The molecule has 3 nitrogen and oxygen atoms in total. The molecule has 1 aliphatic heterocycles. The normalized spacial score (nSPS) is 19.5. The topological polar surface area (TPSA) is 20.5 Å². The lowest BCUT2D eigenvalue weighted by atomic mass is 10.0. The summed E-state index contributed by atoms with van der Waals surface area (Å²) in [6.45, 7) is 4.59. The maximum Gasteiger partial charge on any atom is 0.152 e. The van der Waals surface area contributed by atoms with Crippen molar-refractivity contribution >= 4 is 27.4 Å². The third-order valence-electron chi connectivity index (χ3n) is 4.02. The number of fused-ring (bicyclic) bond motifs is 1. The summed E-state index contributed by atoms with van der Waals surface area (Å²) in [6.07, 6.45) is 6.04. The smallest absolute Gasteiger partial charge is 0.152 e. The monoisotopic (exact) mass is 321 g/mol. The highest BCUT2D eigenvalue weighted by Crippen LogP contribution is 2.30. The molecule has 2 aromatic rings. The van der Waals surface area contributed by atoms with Crippen molar-refractivity contribution in [2.45, 2.75) is 31.5 Å². The van der Waals surface area contributed by atoms with E-state index < -0.39 is 0 Å². The van der Waals surface area contributed by atoms with Crippen molar-refractivity contribution in [3.63, 3.8) is 0 Å². The molecule has 102 valence electrons. The molecule has 3 rings (SSSR count). The number of halogens is 1. The van der Waals surface area contributed by atoms with Gasteiger partial charge in [-0.15, -0.1) is 0 Å². The van der Waals surface area contributed by atoms with Gasteiger partial charge in [0.2, 0.25) is 0 Å². The average molecular weight is 322 g/mol. The van der Waals surface area contributed by atoms with Crippen LogP contribution in [0.4, 0.5) is 5.82 Å². The Bertz CT molecular complexity index is 564. The van der Waals surface area contributed by atoms with E-state index in [2.05, 4.69) is 50.5 Å². The Labute approximate surface area is 122 Å². The summed E-state index contributed by atoms with van der Waals surface area (Å²) in [5.41, 5.74) is 2.32. The highest BCUT2D eigenvalue weighted by Gasteiger charge is 2.26. The minimum atomic E-state index is 0.845. The fraction of sp³-hybridized carbons (Fsp3) is 0.533. The first-order valence-corrected chi connectivity index (χ1v) is 8.22. The van der Waals surface area contributed by atoms with Crippen LogP contribution in [-0.4, -0.2) is 22.5 Å². The Morgan fingerprint density at radius 3 is 3.11 bits per heavy atom. The molecule has 0 radical (unpaired) electrons. The number of aromatic nitrogens is 2. The van der Waals surface area contributed by atoms with Gasteiger partial charge in [-0.3, -0.25) is 0 Å². The van der Waals surface area contributed by atoms with Gasteiger partial charge in [0, 0.05) is 24.6 Å². The largest absolute Gasteiger partial charge is 0.355 e. The van der Waals surface area contributed by atoms with E-state index in [0.29, 0.717) is 0 Å². The van der Waals surface area contributed by atoms with Crippen LogP contribution in [-0.2, 0) is 5.33 Å². The van der Waals surface area contributed by atoms with Crippen LogP contribution in [0.25, 0.3) is 5.65 Å². The number of imidazole rings is 1. The second kappa shape index (κ2) is 5.53. The Hall–Kier alpha value is -1.03. The van der Waals surface area contributed by atoms with Gasteiger partial charge in [-0.25, -0.2) is 4.98 Å². The fourth-order valence-electron chi connectivity index (χ4n) is 3.08. The van der Waals surface area contributed by atoms with E-state index in [9.17, 15) is 0 Å². The van der Waals surface area contributed by atoms with E-state index in [0.717, 1.165) is 30.0 Å². The minimum absolute atomic E-state index is 0.845. The summed E-state index contributed by atoms with van der Waals surface area (Å²) in [4.78, 5) is 7.28. The number of rotatable bonds is 4. The van der Waals surface area contributed by atoms with Gasteiger partial charge in [0.05, 0.1) is 5.69 Å². The predicted octanol–water partition coefficient (Wildman–Crippen LogP) is 3.86. The average Bonchev–Trinajstić information content (AvgIpc) is 3.02. The fourth-order valence-corrected chi connectivity index (χ4v) is 3.60. The number of hydrogen-bond donors (Lipinski definition) is 0. The van der Waals surface area contributed by atoms with Crippen molar-refractivity contribution in [1.29, 1.82) is 0 Å². The molecule has 0 aliphatic carbocycles. The van der Waals surface area contributed by atoms with Crippen molar-refractivity contribution < 1.29 is 0 Å². The molecule has 0 bridgehead atoms. The zero-order chi connectivity index (χ0) is 13.2. The van der Waals surface area contributed by atoms with Crippen molar-refractivity contribution in [3.05, 3.63) is 30.1 Å². The standard InChI is InChI=1S/C15H20BrN3/c1-2-5-12-7-9-18(11-12)15-13(10-16)19-8-4-3-6-14(19)17-15/h3-4,6,8,12H,2,5,7,9-11H2,1H3. The maximum atomic E-state index is 4.82. The van der Waals surface area contributed by atoms with Gasteiger partial charge < -0.3 is 9.30 Å². The lowest BCUT2D eigenvalue weighted by Crippen LogP contribution is -2.21. The van der Waals surface area contributed by atoms with Crippen LogP contribution in [0.15, 0.2) is 24.4 Å². The van der Waals surface area contributed by atoms with Gasteiger partial charge >= 0.3 is 0 Å². The summed E-state index contributed by atoms with van der Waals surface area (Å²) in [5.74, 6) is 2.01. The van der Waals surface area contributed by atoms with E-state index in [-0.39, 0.29) is 0 Å². The number of pyridine rings is 1. The van der Waals surface area contributed by atoms with Crippen LogP contribution < -0.4 is 4.90 Å². The third kappa shape index (κ3) is 2.38. The van der Waals surface area contributed by atoms with E-state index in [1.54, 1.807) is 0 Å². The molecule has 1 fully saturated rings. The molecule has 3 heterocycles. The molecule has 0 saturated carbocycles. The number of hydrogen-bond acceptors (Lipinski definition) is 2. The van der Waals surface area contributed by atoms with Crippen molar-refractivity contribution in [1.82, 2.24) is 9.38 Å². The van der Waals surface area contributed by atoms with Gasteiger partial charge in [0.1, 0.15) is 5.65 Å². The second-order valence-electron chi connectivity index (χ2n) is 5.33. The number of alkyl halides is 1.